The van der Waals surface area contributed by atoms with Crippen molar-refractivity contribution in [1.29, 1.82) is 0 Å². The van der Waals surface area contributed by atoms with E-state index in [1.54, 1.807) is 48.7 Å². The van der Waals surface area contributed by atoms with Crippen LogP contribution >= 0.6 is 0 Å². The summed E-state index contributed by atoms with van der Waals surface area (Å²) >= 11 is 0. The monoisotopic (exact) mass is 392 g/mol. The summed E-state index contributed by atoms with van der Waals surface area (Å²) in [6.45, 7) is 0. The predicted molar refractivity (Wildman–Crippen MR) is 107 cm³/mol. The van der Waals surface area contributed by atoms with E-state index in [-0.39, 0.29) is 16.6 Å². The molecule has 4 rings (SSSR count). The summed E-state index contributed by atoms with van der Waals surface area (Å²) in [5, 5.41) is 2.81. The second-order valence-electron chi connectivity index (χ2n) is 6.18. The Bertz CT molecular complexity index is 1140. The highest BCUT2D eigenvalue weighted by molar-refractivity contribution is 7.87. The molecule has 0 aromatic heterocycles. The van der Waals surface area contributed by atoms with E-state index in [2.05, 4.69) is 10.3 Å². The average Bonchev–Trinajstić information content (AvgIpc) is 3.02. The molecule has 0 saturated heterocycles. The maximum atomic E-state index is 12.3. The molecule has 140 valence electrons. The summed E-state index contributed by atoms with van der Waals surface area (Å²) in [7, 11) is -3.93. The number of aliphatic imine (C=N–C) groups is 1. The number of carbonyl (C=O) groups is 1. The molecule has 1 atom stereocenters. The van der Waals surface area contributed by atoms with E-state index in [1.807, 2.05) is 24.3 Å². The van der Waals surface area contributed by atoms with Gasteiger partial charge in [-0.3, -0.25) is 9.79 Å². The van der Waals surface area contributed by atoms with Crippen LogP contribution in [0.15, 0.2) is 88.8 Å². The number of nitrogens with one attached hydrogen (secondary N) is 1. The minimum atomic E-state index is -3.93. The van der Waals surface area contributed by atoms with Gasteiger partial charge in [-0.2, -0.15) is 8.42 Å². The van der Waals surface area contributed by atoms with Crippen molar-refractivity contribution in [3.63, 3.8) is 0 Å². The molecule has 1 amide bonds. The average molecular weight is 392 g/mol. The number of fused-ring (bicyclic) bond motifs is 1. The van der Waals surface area contributed by atoms with E-state index in [0.717, 1.165) is 11.3 Å². The van der Waals surface area contributed by atoms with E-state index >= 15 is 0 Å². The normalized spacial score (nSPS) is 16.0. The summed E-state index contributed by atoms with van der Waals surface area (Å²) in [5.74, 6) is -0.364. The minimum Gasteiger partial charge on any atom is -0.379 e. The molecule has 3 aromatic rings. The molecule has 6 nitrogen and oxygen atoms in total. The van der Waals surface area contributed by atoms with Crippen LogP contribution in [0.4, 0.5) is 11.4 Å². The number of nitrogens with zero attached hydrogens (tertiary/aromatic N) is 1. The van der Waals surface area contributed by atoms with Crippen LogP contribution in [0.25, 0.3) is 0 Å². The van der Waals surface area contributed by atoms with E-state index in [1.165, 1.54) is 12.1 Å². The summed E-state index contributed by atoms with van der Waals surface area (Å²) in [6.07, 6.45) is 1.56. The van der Waals surface area contributed by atoms with Gasteiger partial charge in [0, 0.05) is 11.9 Å². The molecule has 3 aromatic carbocycles. The lowest BCUT2D eigenvalue weighted by molar-refractivity contribution is -0.115. The third kappa shape index (κ3) is 3.65. The van der Waals surface area contributed by atoms with Gasteiger partial charge in [0.15, 0.2) is 0 Å². The Hall–Kier alpha value is -3.45. The van der Waals surface area contributed by atoms with Crippen molar-refractivity contribution < 1.29 is 17.4 Å². The maximum absolute atomic E-state index is 12.3. The molecule has 28 heavy (non-hydrogen) atoms. The minimum absolute atomic E-state index is 0.0271. The number of benzene rings is 3. The van der Waals surface area contributed by atoms with Gasteiger partial charge in [0.05, 0.1) is 5.69 Å². The Balaban J connectivity index is 1.51. The number of carbonyl (C=O) groups excluding carboxylic acids is 1. The van der Waals surface area contributed by atoms with Crippen molar-refractivity contribution in [2.75, 3.05) is 5.32 Å². The van der Waals surface area contributed by atoms with E-state index < -0.39 is 16.0 Å². The van der Waals surface area contributed by atoms with Crippen LogP contribution in [0.3, 0.4) is 0 Å². The molecule has 0 fully saturated rings. The molecule has 1 N–H and O–H groups in total. The highest BCUT2D eigenvalue weighted by Gasteiger charge is 2.28. The van der Waals surface area contributed by atoms with Gasteiger partial charge < -0.3 is 9.50 Å². The molecule has 1 heterocycles. The Labute approximate surface area is 162 Å². The first-order valence-corrected chi connectivity index (χ1v) is 9.97. The van der Waals surface area contributed by atoms with Crippen LogP contribution in [0.1, 0.15) is 11.5 Å². The fourth-order valence-corrected chi connectivity index (χ4v) is 3.82. The number of anilines is 1. The summed E-state index contributed by atoms with van der Waals surface area (Å²) in [4.78, 5) is 16.5. The van der Waals surface area contributed by atoms with Gasteiger partial charge in [0.2, 0.25) is 5.91 Å². The van der Waals surface area contributed by atoms with Gasteiger partial charge in [-0.1, -0.05) is 36.4 Å². The largest absolute Gasteiger partial charge is 0.379 e. The zero-order valence-corrected chi connectivity index (χ0v) is 15.5. The molecule has 0 radical (unpaired) electrons. The van der Waals surface area contributed by atoms with Gasteiger partial charge in [-0.05, 0) is 48.0 Å². The van der Waals surface area contributed by atoms with Gasteiger partial charge >= 0.3 is 10.1 Å². The quantitative estimate of drug-likeness (QED) is 0.527. The molecule has 0 bridgehead atoms. The van der Waals surface area contributed by atoms with Gasteiger partial charge in [-0.15, -0.1) is 0 Å². The van der Waals surface area contributed by atoms with Crippen LogP contribution in [0.2, 0.25) is 0 Å². The van der Waals surface area contributed by atoms with E-state index in [9.17, 15) is 13.2 Å². The molecule has 1 aliphatic rings. The first-order valence-electron chi connectivity index (χ1n) is 8.56. The van der Waals surface area contributed by atoms with Crippen LogP contribution < -0.4 is 9.50 Å². The van der Waals surface area contributed by atoms with E-state index in [4.69, 9.17) is 4.18 Å². The first kappa shape index (κ1) is 17.9. The van der Waals surface area contributed by atoms with Crippen LogP contribution in [0.5, 0.6) is 5.75 Å². The number of amides is 1. The van der Waals surface area contributed by atoms with Crippen molar-refractivity contribution in [2.24, 2.45) is 4.99 Å². The lowest BCUT2D eigenvalue weighted by Crippen LogP contribution is -2.12. The number of rotatable bonds is 5. The number of hydrogen-bond acceptors (Lipinski definition) is 5. The zero-order chi connectivity index (χ0) is 19.6. The fourth-order valence-electron chi connectivity index (χ4n) is 2.89. The van der Waals surface area contributed by atoms with Gasteiger partial charge in [0.1, 0.15) is 16.6 Å². The number of hydrogen-bond donors (Lipinski definition) is 1. The highest BCUT2D eigenvalue weighted by atomic mass is 32.2. The third-order valence-corrected chi connectivity index (χ3v) is 5.54. The van der Waals surface area contributed by atoms with Crippen LogP contribution in [0, 0.1) is 0 Å². The number of para-hydroxylation sites is 2. The molecule has 0 spiro atoms. The zero-order valence-electron chi connectivity index (χ0n) is 14.6. The highest BCUT2D eigenvalue weighted by Crippen LogP contribution is 2.31. The SMILES string of the molecule is O=C1Nc2ccccc2C1C=Nc1ccc(S(=O)(=O)Oc2ccccc2)cc1. The van der Waals surface area contributed by atoms with Gasteiger partial charge in [0.25, 0.3) is 0 Å². The lowest BCUT2D eigenvalue weighted by atomic mass is 10.0. The van der Waals surface area contributed by atoms with Crippen molar-refractivity contribution in [1.82, 2.24) is 0 Å². The Morgan fingerprint density at radius 3 is 2.32 bits per heavy atom. The Kier molecular flexibility index (Phi) is 4.67. The molecule has 1 unspecified atom stereocenters. The molecule has 7 heteroatoms. The Morgan fingerprint density at radius 2 is 1.57 bits per heavy atom. The smallest absolute Gasteiger partial charge is 0.339 e. The Morgan fingerprint density at radius 1 is 0.893 bits per heavy atom. The summed E-state index contributed by atoms with van der Waals surface area (Å²) < 4.78 is 29.8. The topological polar surface area (TPSA) is 84.8 Å². The third-order valence-electron chi connectivity index (χ3n) is 4.28. The molecule has 1 aliphatic heterocycles. The van der Waals surface area contributed by atoms with E-state index in [0.29, 0.717) is 5.69 Å². The second-order valence-corrected chi connectivity index (χ2v) is 7.72. The molecular formula is C21H16N2O4S. The van der Waals surface area contributed by atoms with Crippen LogP contribution in [-0.4, -0.2) is 20.5 Å². The maximum Gasteiger partial charge on any atom is 0.339 e. The van der Waals surface area contributed by atoms with Crippen molar-refractivity contribution in [2.45, 2.75) is 10.8 Å². The van der Waals surface area contributed by atoms with Crippen molar-refractivity contribution in [3.05, 3.63) is 84.4 Å². The second kappa shape index (κ2) is 7.28. The standard InChI is InChI=1S/C21H16N2O4S/c24-21-19(18-8-4-5-9-20(18)23-21)14-22-15-10-12-17(13-11-15)28(25,26)27-16-6-2-1-3-7-16/h1-14,19H,(H,23,24). The summed E-state index contributed by atoms with van der Waals surface area (Å²) in [5.41, 5.74) is 2.19. The van der Waals surface area contributed by atoms with Crippen LogP contribution in [-0.2, 0) is 14.9 Å². The summed E-state index contributed by atoms with van der Waals surface area (Å²) in [6, 6.07) is 21.7. The first-order chi connectivity index (χ1) is 13.5. The molecule has 0 aliphatic carbocycles. The fraction of sp³-hybridized carbons (Fsp3) is 0.0476. The predicted octanol–water partition coefficient (Wildman–Crippen LogP) is 3.89. The molecule has 0 saturated carbocycles. The van der Waals surface area contributed by atoms with Gasteiger partial charge in [-0.25, -0.2) is 0 Å². The van der Waals surface area contributed by atoms with Crippen molar-refractivity contribution >= 4 is 33.6 Å². The van der Waals surface area contributed by atoms with Crippen molar-refractivity contribution in [3.8, 4) is 5.75 Å². The molecular weight excluding hydrogens is 376 g/mol. The lowest BCUT2D eigenvalue weighted by Gasteiger charge is -2.07.